The van der Waals surface area contributed by atoms with Crippen LogP contribution in [-0.4, -0.2) is 30.9 Å². The molecule has 2 aromatic rings. The minimum absolute atomic E-state index is 0.0626. The van der Waals surface area contributed by atoms with Crippen molar-refractivity contribution in [2.75, 3.05) is 19.5 Å². The van der Waals surface area contributed by atoms with Gasteiger partial charge in [0.25, 0.3) is 11.8 Å². The first kappa shape index (κ1) is 16.7. The molecule has 25 heavy (non-hydrogen) atoms. The lowest BCUT2D eigenvalue weighted by Crippen LogP contribution is -2.28. The topological polar surface area (TPSA) is 58.6 Å². The van der Waals surface area contributed by atoms with Crippen molar-refractivity contribution in [2.45, 2.75) is 6.04 Å². The average molecular weight is 340 g/mol. The van der Waals surface area contributed by atoms with Crippen LogP contribution in [0.2, 0.25) is 0 Å². The van der Waals surface area contributed by atoms with Gasteiger partial charge in [0.1, 0.15) is 17.1 Å². The number of hydrogen-bond acceptors (Lipinski definition) is 3. The maximum absolute atomic E-state index is 13.1. The van der Waals surface area contributed by atoms with E-state index in [1.165, 1.54) is 17.0 Å². The molecule has 128 valence electrons. The van der Waals surface area contributed by atoms with Crippen molar-refractivity contribution in [3.63, 3.8) is 0 Å². The Balaban J connectivity index is 1.79. The van der Waals surface area contributed by atoms with Crippen LogP contribution in [0.4, 0.5) is 10.1 Å². The van der Waals surface area contributed by atoms with Gasteiger partial charge in [-0.05, 0) is 48.0 Å². The molecule has 1 aliphatic heterocycles. The lowest BCUT2D eigenvalue weighted by atomic mass is 10.1. The van der Waals surface area contributed by atoms with E-state index in [4.69, 9.17) is 4.74 Å². The summed E-state index contributed by atoms with van der Waals surface area (Å²) in [4.78, 5) is 26.3. The minimum Gasteiger partial charge on any atom is -0.497 e. The number of benzene rings is 2. The molecule has 2 amide bonds. The maximum Gasteiger partial charge on any atom is 0.261 e. The van der Waals surface area contributed by atoms with Gasteiger partial charge in [-0.1, -0.05) is 12.1 Å². The maximum atomic E-state index is 13.1. The number of rotatable bonds is 4. The molecule has 5 nitrogen and oxygen atoms in total. The first-order valence-electron chi connectivity index (χ1n) is 7.69. The van der Waals surface area contributed by atoms with E-state index >= 15 is 0 Å². The zero-order valence-corrected chi connectivity index (χ0v) is 13.8. The Bertz CT molecular complexity index is 829. The lowest BCUT2D eigenvalue weighted by molar-refractivity contribution is -0.127. The Hall–Kier alpha value is -3.15. The Morgan fingerprint density at radius 2 is 1.76 bits per heavy atom. The summed E-state index contributed by atoms with van der Waals surface area (Å²) >= 11 is 0. The van der Waals surface area contributed by atoms with Crippen LogP contribution in [0.3, 0.4) is 0 Å². The van der Waals surface area contributed by atoms with E-state index < -0.39 is 11.9 Å². The molecule has 0 bridgehead atoms. The zero-order valence-electron chi connectivity index (χ0n) is 13.8. The standard InChI is InChI=1S/C19H17FN2O3/c1-22-17(12-3-5-13(20)6-4-12)11-16(19(22)24)18(23)21-14-7-9-15(25-2)10-8-14/h3-11,17H,1-2H3,(H,21,23). The van der Waals surface area contributed by atoms with Crippen molar-refractivity contribution in [1.82, 2.24) is 4.90 Å². The molecule has 1 atom stereocenters. The van der Waals surface area contributed by atoms with E-state index in [-0.39, 0.29) is 17.3 Å². The number of methoxy groups -OCH3 is 1. The molecule has 1 aliphatic rings. The molecule has 3 rings (SSSR count). The van der Waals surface area contributed by atoms with Crippen LogP contribution in [-0.2, 0) is 9.59 Å². The number of carbonyl (C=O) groups excluding carboxylic acids is 2. The third kappa shape index (κ3) is 3.38. The molecule has 0 spiro atoms. The fourth-order valence-electron chi connectivity index (χ4n) is 2.68. The van der Waals surface area contributed by atoms with Gasteiger partial charge in [0.2, 0.25) is 0 Å². The first-order chi connectivity index (χ1) is 12.0. The Morgan fingerprint density at radius 3 is 2.36 bits per heavy atom. The van der Waals surface area contributed by atoms with Crippen molar-refractivity contribution in [3.05, 3.63) is 71.6 Å². The highest BCUT2D eigenvalue weighted by Gasteiger charge is 2.34. The second-order valence-corrected chi connectivity index (χ2v) is 5.68. The highest BCUT2D eigenvalue weighted by Crippen LogP contribution is 2.30. The summed E-state index contributed by atoms with van der Waals surface area (Å²) in [6.45, 7) is 0. The highest BCUT2D eigenvalue weighted by molar-refractivity contribution is 6.24. The Kier molecular flexibility index (Phi) is 4.52. The molecule has 1 N–H and O–H groups in total. The van der Waals surface area contributed by atoms with Crippen molar-refractivity contribution in [3.8, 4) is 5.75 Å². The molecule has 1 unspecified atom stereocenters. The smallest absolute Gasteiger partial charge is 0.261 e. The number of ether oxygens (including phenoxy) is 1. The van der Waals surface area contributed by atoms with Crippen LogP contribution < -0.4 is 10.1 Å². The number of nitrogens with zero attached hydrogens (tertiary/aromatic N) is 1. The largest absolute Gasteiger partial charge is 0.497 e. The van der Waals surface area contributed by atoms with Crippen LogP contribution in [0.5, 0.6) is 5.75 Å². The molecule has 6 heteroatoms. The summed E-state index contributed by atoms with van der Waals surface area (Å²) in [5.74, 6) is -0.533. The predicted octanol–water partition coefficient (Wildman–Crippen LogP) is 2.91. The van der Waals surface area contributed by atoms with Gasteiger partial charge in [-0.15, -0.1) is 0 Å². The second-order valence-electron chi connectivity index (χ2n) is 5.68. The minimum atomic E-state index is -0.480. The second kappa shape index (κ2) is 6.76. The summed E-state index contributed by atoms with van der Waals surface area (Å²) in [5, 5.41) is 2.70. The van der Waals surface area contributed by atoms with E-state index in [0.29, 0.717) is 11.4 Å². The van der Waals surface area contributed by atoms with E-state index in [0.717, 1.165) is 5.56 Å². The van der Waals surface area contributed by atoms with Crippen molar-refractivity contribution >= 4 is 17.5 Å². The summed E-state index contributed by atoms with van der Waals surface area (Å²) in [6.07, 6.45) is 1.59. The van der Waals surface area contributed by atoms with Crippen LogP contribution in [0, 0.1) is 5.82 Å². The third-order valence-corrected chi connectivity index (χ3v) is 4.10. The van der Waals surface area contributed by atoms with Gasteiger partial charge in [0.15, 0.2) is 0 Å². The van der Waals surface area contributed by atoms with Crippen molar-refractivity contribution < 1.29 is 18.7 Å². The molecular formula is C19H17FN2O3. The monoisotopic (exact) mass is 340 g/mol. The lowest BCUT2D eigenvalue weighted by Gasteiger charge is -2.19. The number of likely N-dealkylation sites (N-methyl/N-ethyl adjacent to an activating group) is 1. The van der Waals surface area contributed by atoms with E-state index in [9.17, 15) is 14.0 Å². The number of anilines is 1. The van der Waals surface area contributed by atoms with E-state index in [1.807, 2.05) is 0 Å². The number of carbonyl (C=O) groups is 2. The quantitative estimate of drug-likeness (QED) is 0.871. The van der Waals surface area contributed by atoms with Crippen LogP contribution in [0.25, 0.3) is 0 Å². The van der Waals surface area contributed by atoms with Crippen LogP contribution in [0.15, 0.2) is 60.2 Å². The van der Waals surface area contributed by atoms with E-state index in [1.54, 1.807) is 56.6 Å². The predicted molar refractivity (Wildman–Crippen MR) is 91.6 cm³/mol. The van der Waals surface area contributed by atoms with Gasteiger partial charge in [-0.25, -0.2) is 4.39 Å². The number of amides is 2. The molecule has 0 radical (unpaired) electrons. The Morgan fingerprint density at radius 1 is 1.12 bits per heavy atom. The van der Waals surface area contributed by atoms with Gasteiger partial charge in [-0.2, -0.15) is 0 Å². The molecule has 0 saturated carbocycles. The summed E-state index contributed by atoms with van der Waals surface area (Å²) < 4.78 is 18.1. The number of hydrogen-bond donors (Lipinski definition) is 1. The first-order valence-corrected chi connectivity index (χ1v) is 7.69. The van der Waals surface area contributed by atoms with Crippen molar-refractivity contribution in [2.24, 2.45) is 0 Å². The van der Waals surface area contributed by atoms with Crippen LogP contribution in [0.1, 0.15) is 11.6 Å². The fraction of sp³-hybridized carbons (Fsp3) is 0.158. The highest BCUT2D eigenvalue weighted by atomic mass is 19.1. The van der Waals surface area contributed by atoms with Gasteiger partial charge in [-0.3, -0.25) is 9.59 Å². The number of halogens is 1. The normalized spacial score (nSPS) is 16.6. The summed E-state index contributed by atoms with van der Waals surface area (Å²) in [7, 11) is 3.17. The van der Waals surface area contributed by atoms with Gasteiger partial charge in [0.05, 0.1) is 13.2 Å². The summed E-state index contributed by atoms with van der Waals surface area (Å²) in [6, 6.07) is 12.3. The zero-order chi connectivity index (χ0) is 18.0. The molecule has 1 heterocycles. The van der Waals surface area contributed by atoms with Crippen molar-refractivity contribution in [1.29, 1.82) is 0 Å². The van der Waals surface area contributed by atoms with Gasteiger partial charge < -0.3 is 15.0 Å². The average Bonchev–Trinajstić information content (AvgIpc) is 2.92. The SMILES string of the molecule is COc1ccc(NC(=O)C2=CC(c3ccc(F)cc3)N(C)C2=O)cc1. The molecule has 2 aromatic carbocycles. The van der Waals surface area contributed by atoms with Crippen LogP contribution >= 0.6 is 0 Å². The Labute approximate surface area is 144 Å². The van der Waals surface area contributed by atoms with Gasteiger partial charge >= 0.3 is 0 Å². The fourth-order valence-corrected chi connectivity index (χ4v) is 2.68. The summed E-state index contributed by atoms with van der Waals surface area (Å²) in [5.41, 5.74) is 1.37. The third-order valence-electron chi connectivity index (χ3n) is 4.10. The molecule has 0 fully saturated rings. The molecule has 0 saturated heterocycles. The molecular weight excluding hydrogens is 323 g/mol. The van der Waals surface area contributed by atoms with E-state index in [2.05, 4.69) is 5.32 Å². The molecule has 0 aliphatic carbocycles. The number of nitrogens with one attached hydrogen (secondary N) is 1. The molecule has 0 aromatic heterocycles. The van der Waals surface area contributed by atoms with Gasteiger partial charge in [0, 0.05) is 12.7 Å².